The van der Waals surface area contributed by atoms with Gasteiger partial charge in [0.05, 0.1) is 17.1 Å². The van der Waals surface area contributed by atoms with Crippen molar-refractivity contribution in [3.8, 4) is 0 Å². The van der Waals surface area contributed by atoms with Crippen LogP contribution in [0.2, 0.25) is 0 Å². The van der Waals surface area contributed by atoms with Crippen molar-refractivity contribution in [3.63, 3.8) is 0 Å². The first-order valence-corrected chi connectivity index (χ1v) is 7.12. The summed E-state index contributed by atoms with van der Waals surface area (Å²) in [6, 6.07) is 0.186. The molecule has 1 heterocycles. The number of carbonyl (C=O) groups excluding carboxylic acids is 1. The lowest BCUT2D eigenvalue weighted by atomic mass is 10.00. The van der Waals surface area contributed by atoms with Gasteiger partial charge in [-0.3, -0.25) is 9.48 Å². The minimum absolute atomic E-state index is 0.0594. The Morgan fingerprint density at radius 2 is 2.21 bits per heavy atom. The highest BCUT2D eigenvalue weighted by molar-refractivity contribution is 5.92. The minimum atomic E-state index is 0.0594. The van der Waals surface area contributed by atoms with Gasteiger partial charge < -0.3 is 11.1 Å². The molecule has 0 saturated heterocycles. The van der Waals surface area contributed by atoms with Gasteiger partial charge >= 0.3 is 0 Å². The highest BCUT2D eigenvalue weighted by Crippen LogP contribution is 2.27. The summed E-state index contributed by atoms with van der Waals surface area (Å²) in [6.45, 7) is 6.77. The largest absolute Gasteiger partial charge is 0.327 e. The van der Waals surface area contributed by atoms with Crippen molar-refractivity contribution in [3.05, 3.63) is 11.4 Å². The van der Waals surface area contributed by atoms with Gasteiger partial charge in [0.15, 0.2) is 0 Å². The van der Waals surface area contributed by atoms with Crippen molar-refractivity contribution in [1.29, 1.82) is 0 Å². The van der Waals surface area contributed by atoms with Crippen LogP contribution in [-0.4, -0.2) is 21.7 Å². The van der Waals surface area contributed by atoms with Crippen LogP contribution in [0.5, 0.6) is 0 Å². The SMILES string of the molecule is CCn1nc(C)c(NC(=O)C[C@@H]2CCC[C@H]2N)c1C. The van der Waals surface area contributed by atoms with E-state index in [4.69, 9.17) is 5.73 Å². The summed E-state index contributed by atoms with van der Waals surface area (Å²) in [5.41, 5.74) is 8.77. The van der Waals surface area contributed by atoms with Crippen molar-refractivity contribution in [2.24, 2.45) is 11.7 Å². The van der Waals surface area contributed by atoms with Crippen molar-refractivity contribution >= 4 is 11.6 Å². The summed E-state index contributed by atoms with van der Waals surface area (Å²) in [5, 5.41) is 7.41. The van der Waals surface area contributed by atoms with Crippen LogP contribution in [0.1, 0.15) is 44.0 Å². The van der Waals surface area contributed by atoms with Gasteiger partial charge in [-0.2, -0.15) is 5.10 Å². The fourth-order valence-corrected chi connectivity index (χ4v) is 2.93. The maximum atomic E-state index is 12.1. The Morgan fingerprint density at radius 1 is 1.47 bits per heavy atom. The van der Waals surface area contributed by atoms with Gasteiger partial charge in [-0.1, -0.05) is 6.42 Å². The van der Waals surface area contributed by atoms with E-state index in [1.807, 2.05) is 25.5 Å². The Morgan fingerprint density at radius 3 is 2.74 bits per heavy atom. The Bertz CT molecular complexity index is 466. The number of aryl methyl sites for hydroxylation is 2. The minimum Gasteiger partial charge on any atom is -0.327 e. The van der Waals surface area contributed by atoms with Crippen molar-refractivity contribution in [2.45, 2.75) is 59.0 Å². The van der Waals surface area contributed by atoms with Crippen LogP contribution in [0.15, 0.2) is 0 Å². The number of nitrogens with two attached hydrogens (primary N) is 1. The number of amides is 1. The summed E-state index contributed by atoms with van der Waals surface area (Å²) in [6.07, 6.45) is 3.78. The Labute approximate surface area is 114 Å². The predicted octanol–water partition coefficient (Wildman–Crippen LogP) is 1.98. The molecule has 0 aliphatic heterocycles. The number of rotatable bonds is 4. The summed E-state index contributed by atoms with van der Waals surface area (Å²) < 4.78 is 1.91. The summed E-state index contributed by atoms with van der Waals surface area (Å²) in [5.74, 6) is 0.394. The first-order valence-electron chi connectivity index (χ1n) is 7.12. The topological polar surface area (TPSA) is 72.9 Å². The van der Waals surface area contributed by atoms with Gasteiger partial charge in [0.2, 0.25) is 5.91 Å². The van der Waals surface area contributed by atoms with E-state index in [2.05, 4.69) is 10.4 Å². The second-order valence-corrected chi connectivity index (χ2v) is 5.47. The van der Waals surface area contributed by atoms with Crippen LogP contribution >= 0.6 is 0 Å². The average molecular weight is 264 g/mol. The third kappa shape index (κ3) is 2.97. The fraction of sp³-hybridized carbons (Fsp3) is 0.714. The number of hydrogen-bond acceptors (Lipinski definition) is 3. The molecule has 1 amide bonds. The van der Waals surface area contributed by atoms with E-state index < -0.39 is 0 Å². The van der Waals surface area contributed by atoms with E-state index in [1.54, 1.807) is 0 Å². The number of nitrogens with one attached hydrogen (secondary N) is 1. The molecule has 19 heavy (non-hydrogen) atoms. The Kier molecular flexibility index (Phi) is 4.24. The maximum Gasteiger partial charge on any atom is 0.224 e. The molecule has 0 unspecified atom stereocenters. The van der Waals surface area contributed by atoms with E-state index in [0.29, 0.717) is 12.3 Å². The smallest absolute Gasteiger partial charge is 0.224 e. The average Bonchev–Trinajstić information content (AvgIpc) is 2.88. The molecule has 106 valence electrons. The normalized spacial score (nSPS) is 22.7. The molecule has 1 aromatic heterocycles. The lowest BCUT2D eigenvalue weighted by molar-refractivity contribution is -0.117. The van der Waals surface area contributed by atoms with Gasteiger partial charge in [-0.25, -0.2) is 0 Å². The molecule has 0 radical (unpaired) electrons. The summed E-state index contributed by atoms with van der Waals surface area (Å²) in [4.78, 5) is 12.1. The zero-order chi connectivity index (χ0) is 14.0. The Hall–Kier alpha value is -1.36. The van der Waals surface area contributed by atoms with Gasteiger partial charge in [-0.05, 0) is 39.5 Å². The van der Waals surface area contributed by atoms with Gasteiger partial charge in [0, 0.05) is 19.0 Å². The predicted molar refractivity (Wildman–Crippen MR) is 75.9 cm³/mol. The molecule has 0 aromatic carbocycles. The van der Waals surface area contributed by atoms with Crippen LogP contribution < -0.4 is 11.1 Å². The van der Waals surface area contributed by atoms with Crippen LogP contribution in [0.25, 0.3) is 0 Å². The van der Waals surface area contributed by atoms with Crippen molar-refractivity contribution in [2.75, 3.05) is 5.32 Å². The molecule has 1 aliphatic rings. The lowest BCUT2D eigenvalue weighted by Crippen LogP contribution is -2.28. The molecule has 3 N–H and O–H groups in total. The number of nitrogens with zero attached hydrogens (tertiary/aromatic N) is 2. The second kappa shape index (κ2) is 5.74. The highest BCUT2D eigenvalue weighted by atomic mass is 16.1. The molecule has 1 fully saturated rings. The zero-order valence-corrected chi connectivity index (χ0v) is 12.1. The molecule has 1 aromatic rings. The zero-order valence-electron chi connectivity index (χ0n) is 12.1. The van der Waals surface area contributed by atoms with E-state index in [0.717, 1.165) is 42.9 Å². The van der Waals surface area contributed by atoms with Crippen molar-refractivity contribution in [1.82, 2.24) is 9.78 Å². The molecule has 0 bridgehead atoms. The second-order valence-electron chi connectivity index (χ2n) is 5.47. The molecule has 2 rings (SSSR count). The molecular formula is C14H24N4O. The highest BCUT2D eigenvalue weighted by Gasteiger charge is 2.26. The van der Waals surface area contributed by atoms with Crippen LogP contribution in [0.3, 0.4) is 0 Å². The molecule has 0 spiro atoms. The van der Waals surface area contributed by atoms with Gasteiger partial charge in [0.1, 0.15) is 0 Å². The van der Waals surface area contributed by atoms with E-state index >= 15 is 0 Å². The lowest BCUT2D eigenvalue weighted by Gasteiger charge is -2.14. The van der Waals surface area contributed by atoms with Crippen LogP contribution in [0.4, 0.5) is 5.69 Å². The molecule has 5 heteroatoms. The summed E-state index contributed by atoms with van der Waals surface area (Å²) >= 11 is 0. The van der Waals surface area contributed by atoms with E-state index in [1.165, 1.54) is 0 Å². The van der Waals surface area contributed by atoms with Gasteiger partial charge in [0.25, 0.3) is 0 Å². The summed E-state index contributed by atoms with van der Waals surface area (Å²) in [7, 11) is 0. The number of hydrogen-bond donors (Lipinski definition) is 2. The number of carbonyl (C=O) groups is 1. The van der Waals surface area contributed by atoms with E-state index in [-0.39, 0.29) is 11.9 Å². The first kappa shape index (κ1) is 14.1. The molecule has 1 aliphatic carbocycles. The molecule has 5 nitrogen and oxygen atoms in total. The standard InChI is InChI=1S/C14H24N4O/c1-4-18-10(3)14(9(2)17-18)16-13(19)8-11-6-5-7-12(11)15/h11-12H,4-8,15H2,1-3H3,(H,16,19)/t11-,12+/m0/s1. The van der Waals surface area contributed by atoms with Gasteiger partial charge in [-0.15, -0.1) is 0 Å². The van der Waals surface area contributed by atoms with Crippen molar-refractivity contribution < 1.29 is 4.79 Å². The Balaban J connectivity index is 2.01. The first-order chi connectivity index (χ1) is 9.02. The third-order valence-corrected chi connectivity index (χ3v) is 4.11. The number of anilines is 1. The van der Waals surface area contributed by atoms with Crippen LogP contribution in [-0.2, 0) is 11.3 Å². The quantitative estimate of drug-likeness (QED) is 0.873. The number of aromatic nitrogens is 2. The van der Waals surface area contributed by atoms with E-state index in [9.17, 15) is 4.79 Å². The molecular weight excluding hydrogens is 240 g/mol. The molecule has 1 saturated carbocycles. The fourth-order valence-electron chi connectivity index (χ4n) is 2.93. The third-order valence-electron chi connectivity index (χ3n) is 4.11. The van der Waals surface area contributed by atoms with Crippen LogP contribution in [0, 0.1) is 19.8 Å². The molecule has 2 atom stereocenters. The monoisotopic (exact) mass is 264 g/mol. The maximum absolute atomic E-state index is 12.1.